The average Bonchev–Trinajstić information content (AvgIpc) is 3.22. The number of carbonyl (C=O) groups excluding carboxylic acids is 3. The Morgan fingerprint density at radius 3 is 2.48 bits per heavy atom. The number of anilines is 1. The molecule has 1 aliphatic carbocycles. The molecular formula is C23H23N3O4S. The van der Waals surface area contributed by atoms with E-state index in [0.29, 0.717) is 21.7 Å². The summed E-state index contributed by atoms with van der Waals surface area (Å²) in [5.41, 5.74) is 1.45. The van der Waals surface area contributed by atoms with Crippen molar-refractivity contribution < 1.29 is 19.1 Å². The Bertz CT molecular complexity index is 1080. The van der Waals surface area contributed by atoms with Crippen LogP contribution in [-0.2, 0) is 22.4 Å². The molecule has 4 rings (SSSR count). The summed E-state index contributed by atoms with van der Waals surface area (Å²) in [5, 5.41) is 12.9. The van der Waals surface area contributed by atoms with Gasteiger partial charge in [-0.3, -0.25) is 19.3 Å². The van der Waals surface area contributed by atoms with Gasteiger partial charge in [-0.15, -0.1) is 11.3 Å². The maximum Gasteiger partial charge on any atom is 0.262 e. The van der Waals surface area contributed by atoms with E-state index in [1.165, 1.54) is 21.1 Å². The first-order valence-corrected chi connectivity index (χ1v) is 11.1. The van der Waals surface area contributed by atoms with Crippen molar-refractivity contribution in [1.29, 1.82) is 5.26 Å². The minimum atomic E-state index is -0.923. The number of rotatable bonds is 6. The van der Waals surface area contributed by atoms with Crippen LogP contribution < -0.4 is 5.32 Å². The number of benzene rings is 1. The number of hydrogen-bond acceptors (Lipinski definition) is 6. The number of nitriles is 1. The van der Waals surface area contributed by atoms with E-state index >= 15 is 0 Å². The van der Waals surface area contributed by atoms with E-state index in [1.54, 1.807) is 38.1 Å². The molecule has 7 nitrogen and oxygen atoms in total. The fourth-order valence-electron chi connectivity index (χ4n) is 4.13. The van der Waals surface area contributed by atoms with Crippen molar-refractivity contribution in [3.05, 3.63) is 51.4 Å². The summed E-state index contributed by atoms with van der Waals surface area (Å²) in [4.78, 5) is 40.2. The molecule has 1 aromatic carbocycles. The van der Waals surface area contributed by atoms with Gasteiger partial charge < -0.3 is 10.1 Å². The zero-order valence-electron chi connectivity index (χ0n) is 17.5. The number of aryl methyl sites for hydroxylation is 1. The first kappa shape index (κ1) is 21.2. The summed E-state index contributed by atoms with van der Waals surface area (Å²) in [6.45, 7) is 3.24. The van der Waals surface area contributed by atoms with Gasteiger partial charge in [-0.05, 0) is 57.2 Å². The second-order valence-electron chi connectivity index (χ2n) is 8.37. The third-order valence-electron chi connectivity index (χ3n) is 5.62. The molecule has 0 bridgehead atoms. The van der Waals surface area contributed by atoms with Gasteiger partial charge >= 0.3 is 0 Å². The van der Waals surface area contributed by atoms with Crippen LogP contribution in [0.15, 0.2) is 24.3 Å². The van der Waals surface area contributed by atoms with Crippen molar-refractivity contribution in [3.63, 3.8) is 0 Å². The van der Waals surface area contributed by atoms with Crippen LogP contribution in [-0.4, -0.2) is 41.4 Å². The Balaban J connectivity index is 1.37. The lowest BCUT2D eigenvalue weighted by molar-refractivity contribution is -0.121. The Kier molecular flexibility index (Phi) is 5.65. The Hall–Kier alpha value is -3.02. The van der Waals surface area contributed by atoms with E-state index in [0.717, 1.165) is 31.2 Å². The van der Waals surface area contributed by atoms with Crippen LogP contribution in [0.1, 0.15) is 63.4 Å². The third-order valence-corrected chi connectivity index (χ3v) is 6.83. The van der Waals surface area contributed by atoms with Crippen molar-refractivity contribution in [3.8, 4) is 6.07 Å². The average molecular weight is 438 g/mol. The van der Waals surface area contributed by atoms with Gasteiger partial charge in [-0.25, -0.2) is 0 Å². The SMILES string of the molecule is CC(C)(COCC(=O)Nc1sc2c(c1C#N)CCCC2)N1C(=O)c2ccccc2C1=O. The van der Waals surface area contributed by atoms with Gasteiger partial charge in [-0.1, -0.05) is 12.1 Å². The highest BCUT2D eigenvalue weighted by Gasteiger charge is 2.44. The van der Waals surface area contributed by atoms with E-state index in [4.69, 9.17) is 4.74 Å². The molecule has 0 fully saturated rings. The quantitative estimate of drug-likeness (QED) is 0.697. The maximum absolute atomic E-state index is 12.7. The number of fused-ring (bicyclic) bond motifs is 2. The highest BCUT2D eigenvalue weighted by molar-refractivity contribution is 7.16. The van der Waals surface area contributed by atoms with Gasteiger partial charge in [0.05, 0.1) is 28.8 Å². The normalized spacial score (nSPS) is 15.5. The molecule has 2 aliphatic rings. The molecule has 0 saturated heterocycles. The molecule has 1 N–H and O–H groups in total. The number of hydrogen-bond donors (Lipinski definition) is 1. The van der Waals surface area contributed by atoms with Crippen molar-refractivity contribution in [1.82, 2.24) is 4.90 Å². The van der Waals surface area contributed by atoms with E-state index in [9.17, 15) is 19.6 Å². The Morgan fingerprint density at radius 1 is 1.19 bits per heavy atom. The van der Waals surface area contributed by atoms with Crippen LogP contribution >= 0.6 is 11.3 Å². The minimum absolute atomic E-state index is 0.0118. The number of carbonyl (C=O) groups is 3. The van der Waals surface area contributed by atoms with Crippen molar-refractivity contribution >= 4 is 34.1 Å². The summed E-state index contributed by atoms with van der Waals surface area (Å²) in [5.74, 6) is -1.09. The second kappa shape index (κ2) is 8.25. The van der Waals surface area contributed by atoms with E-state index in [2.05, 4.69) is 11.4 Å². The van der Waals surface area contributed by atoms with Crippen LogP contribution in [0.3, 0.4) is 0 Å². The van der Waals surface area contributed by atoms with Gasteiger partial charge in [0.25, 0.3) is 17.7 Å². The molecule has 2 heterocycles. The van der Waals surface area contributed by atoms with Crippen LogP contribution in [0.5, 0.6) is 0 Å². The first-order valence-electron chi connectivity index (χ1n) is 10.2. The zero-order valence-corrected chi connectivity index (χ0v) is 18.3. The summed E-state index contributed by atoms with van der Waals surface area (Å²) in [7, 11) is 0. The zero-order chi connectivity index (χ0) is 22.2. The first-order chi connectivity index (χ1) is 14.8. The molecular weight excluding hydrogens is 414 g/mol. The molecule has 3 amide bonds. The minimum Gasteiger partial charge on any atom is -0.369 e. The van der Waals surface area contributed by atoms with Gasteiger partial charge in [0, 0.05) is 4.88 Å². The second-order valence-corrected chi connectivity index (χ2v) is 9.48. The topological polar surface area (TPSA) is 99.5 Å². The number of nitrogens with one attached hydrogen (secondary N) is 1. The largest absolute Gasteiger partial charge is 0.369 e. The molecule has 8 heteroatoms. The van der Waals surface area contributed by atoms with Gasteiger partial charge in [-0.2, -0.15) is 5.26 Å². The number of ether oxygens (including phenoxy) is 1. The van der Waals surface area contributed by atoms with Gasteiger partial charge in [0.2, 0.25) is 0 Å². The molecule has 1 aliphatic heterocycles. The highest BCUT2D eigenvalue weighted by atomic mass is 32.1. The Labute approximate surface area is 184 Å². The maximum atomic E-state index is 12.7. The monoisotopic (exact) mass is 437 g/mol. The van der Waals surface area contributed by atoms with Crippen LogP contribution in [0.4, 0.5) is 5.00 Å². The fourth-order valence-corrected chi connectivity index (χ4v) is 5.39. The van der Waals surface area contributed by atoms with Crippen molar-refractivity contribution in [2.24, 2.45) is 0 Å². The lowest BCUT2D eigenvalue weighted by Crippen LogP contribution is -2.50. The van der Waals surface area contributed by atoms with E-state index in [-0.39, 0.29) is 30.9 Å². The predicted octanol–water partition coefficient (Wildman–Crippen LogP) is 3.53. The lowest BCUT2D eigenvalue weighted by atomic mass is 9.96. The Morgan fingerprint density at radius 2 is 1.84 bits per heavy atom. The van der Waals surface area contributed by atoms with E-state index < -0.39 is 5.54 Å². The summed E-state index contributed by atoms with van der Waals surface area (Å²) >= 11 is 1.46. The third kappa shape index (κ3) is 3.87. The molecule has 2 aromatic rings. The van der Waals surface area contributed by atoms with Gasteiger partial charge in [0.15, 0.2) is 0 Å². The van der Waals surface area contributed by atoms with Crippen LogP contribution in [0.25, 0.3) is 0 Å². The lowest BCUT2D eigenvalue weighted by Gasteiger charge is -2.33. The number of thiophene rings is 1. The van der Waals surface area contributed by atoms with Gasteiger partial charge in [0.1, 0.15) is 17.7 Å². The van der Waals surface area contributed by atoms with Crippen molar-refractivity contribution in [2.75, 3.05) is 18.5 Å². The molecule has 0 unspecified atom stereocenters. The highest BCUT2D eigenvalue weighted by Crippen LogP contribution is 2.37. The molecule has 31 heavy (non-hydrogen) atoms. The van der Waals surface area contributed by atoms with Crippen LogP contribution in [0.2, 0.25) is 0 Å². The standard InChI is InChI=1S/C23H23N3O4S/c1-23(2,26-21(28)15-8-3-4-9-16(15)22(26)29)13-30-12-19(27)25-20-17(11-24)14-7-5-6-10-18(14)31-20/h3-4,8-9H,5-7,10,12-13H2,1-2H3,(H,25,27). The fraction of sp³-hybridized carbons (Fsp3) is 0.391. The van der Waals surface area contributed by atoms with E-state index in [1.807, 2.05) is 0 Å². The molecule has 0 radical (unpaired) electrons. The molecule has 160 valence electrons. The molecule has 0 spiro atoms. The number of nitrogens with zero attached hydrogens (tertiary/aromatic N) is 2. The molecule has 0 saturated carbocycles. The smallest absolute Gasteiger partial charge is 0.262 e. The summed E-state index contributed by atoms with van der Waals surface area (Å²) in [6, 6.07) is 8.93. The molecule has 1 aromatic heterocycles. The summed E-state index contributed by atoms with van der Waals surface area (Å²) in [6.07, 6.45) is 3.97. The molecule has 0 atom stereocenters. The summed E-state index contributed by atoms with van der Waals surface area (Å²) < 4.78 is 5.58. The number of imide groups is 1. The number of amides is 3. The van der Waals surface area contributed by atoms with Crippen molar-refractivity contribution in [2.45, 2.75) is 45.1 Å². The predicted molar refractivity (Wildman–Crippen MR) is 116 cm³/mol. The van der Waals surface area contributed by atoms with Crippen LogP contribution in [0, 0.1) is 11.3 Å².